The summed E-state index contributed by atoms with van der Waals surface area (Å²) in [4.78, 5) is 4.82. The van der Waals surface area contributed by atoms with Gasteiger partial charge < -0.3 is 10.8 Å². The van der Waals surface area contributed by atoms with Gasteiger partial charge >= 0.3 is 0 Å². The molecule has 0 saturated carbocycles. The van der Waals surface area contributed by atoms with Crippen molar-refractivity contribution in [3.05, 3.63) is 46.0 Å². The summed E-state index contributed by atoms with van der Waals surface area (Å²) in [6, 6.07) is 6.33. The molecule has 0 spiro atoms. The number of aryl methyl sites for hydroxylation is 2. The highest BCUT2D eigenvalue weighted by Crippen LogP contribution is 2.35. The minimum absolute atomic E-state index is 0.494. The minimum atomic E-state index is -1.01. The summed E-state index contributed by atoms with van der Waals surface area (Å²) in [7, 11) is 0. The van der Waals surface area contributed by atoms with Crippen molar-refractivity contribution in [2.45, 2.75) is 38.2 Å². The van der Waals surface area contributed by atoms with Crippen molar-refractivity contribution in [2.24, 2.45) is 0 Å². The number of nitrogen functional groups attached to an aromatic ring is 1. The highest BCUT2D eigenvalue weighted by atomic mass is 32.1. The fourth-order valence-corrected chi connectivity index (χ4v) is 3.44. The van der Waals surface area contributed by atoms with E-state index in [0.29, 0.717) is 5.13 Å². The molecule has 0 radical (unpaired) electrons. The lowest BCUT2D eigenvalue weighted by Gasteiger charge is -2.25. The van der Waals surface area contributed by atoms with E-state index in [1.54, 1.807) is 6.20 Å². The lowest BCUT2D eigenvalue weighted by Crippen LogP contribution is -2.22. The Labute approximate surface area is 117 Å². The molecular formula is C15H18N2OS. The van der Waals surface area contributed by atoms with Crippen LogP contribution in [0.15, 0.2) is 24.4 Å². The fourth-order valence-electron chi connectivity index (χ4n) is 2.69. The quantitative estimate of drug-likeness (QED) is 0.885. The van der Waals surface area contributed by atoms with E-state index >= 15 is 0 Å². The zero-order valence-electron chi connectivity index (χ0n) is 11.0. The molecule has 0 amide bonds. The van der Waals surface area contributed by atoms with Crippen LogP contribution in [0.25, 0.3) is 0 Å². The molecule has 0 saturated heterocycles. The van der Waals surface area contributed by atoms with Crippen LogP contribution in [0.4, 0.5) is 5.13 Å². The van der Waals surface area contributed by atoms with Crippen LogP contribution in [0.5, 0.6) is 0 Å². The average molecular weight is 274 g/mol. The molecule has 1 unspecified atom stereocenters. The molecule has 2 aromatic rings. The van der Waals surface area contributed by atoms with Crippen LogP contribution in [0.2, 0.25) is 0 Å². The van der Waals surface area contributed by atoms with Crippen LogP contribution in [-0.2, 0) is 18.4 Å². The lowest BCUT2D eigenvalue weighted by molar-refractivity contribution is 0.106. The second-order valence-corrected chi connectivity index (χ2v) is 6.39. The number of anilines is 1. The predicted molar refractivity (Wildman–Crippen MR) is 78.3 cm³/mol. The zero-order valence-corrected chi connectivity index (χ0v) is 11.8. The monoisotopic (exact) mass is 274 g/mol. The molecule has 19 heavy (non-hydrogen) atoms. The first-order valence-corrected chi connectivity index (χ1v) is 7.45. The summed E-state index contributed by atoms with van der Waals surface area (Å²) < 4.78 is 0. The van der Waals surface area contributed by atoms with Crippen molar-refractivity contribution in [1.29, 1.82) is 0 Å². The van der Waals surface area contributed by atoms with E-state index in [0.717, 1.165) is 23.3 Å². The number of rotatable bonds is 2. The van der Waals surface area contributed by atoms with E-state index < -0.39 is 5.60 Å². The van der Waals surface area contributed by atoms with Gasteiger partial charge in [-0.1, -0.05) is 29.5 Å². The number of thiazole rings is 1. The summed E-state index contributed by atoms with van der Waals surface area (Å²) in [5, 5.41) is 11.3. The summed E-state index contributed by atoms with van der Waals surface area (Å²) in [5.74, 6) is 0. The average Bonchev–Trinajstić information content (AvgIpc) is 2.85. The highest BCUT2D eigenvalue weighted by molar-refractivity contribution is 7.15. The molecule has 3 N–H and O–H groups in total. The van der Waals surface area contributed by atoms with Gasteiger partial charge in [-0.15, -0.1) is 0 Å². The van der Waals surface area contributed by atoms with Gasteiger partial charge in [-0.25, -0.2) is 4.98 Å². The molecule has 100 valence electrons. The van der Waals surface area contributed by atoms with Crippen molar-refractivity contribution in [3.8, 4) is 0 Å². The van der Waals surface area contributed by atoms with Gasteiger partial charge in [0, 0.05) is 6.20 Å². The predicted octanol–water partition coefficient (Wildman–Crippen LogP) is 2.86. The van der Waals surface area contributed by atoms with Crippen LogP contribution < -0.4 is 5.73 Å². The molecule has 3 rings (SSSR count). The number of fused-ring (bicyclic) bond motifs is 1. The zero-order chi connectivity index (χ0) is 13.5. The lowest BCUT2D eigenvalue weighted by atomic mass is 9.86. The largest absolute Gasteiger partial charge is 0.380 e. The van der Waals surface area contributed by atoms with Gasteiger partial charge in [0.05, 0.1) is 4.88 Å². The second kappa shape index (κ2) is 4.62. The molecule has 1 atom stereocenters. The minimum Gasteiger partial charge on any atom is -0.380 e. The molecule has 1 aromatic carbocycles. The van der Waals surface area contributed by atoms with Crippen molar-refractivity contribution in [2.75, 3.05) is 5.73 Å². The van der Waals surface area contributed by atoms with Crippen molar-refractivity contribution < 1.29 is 5.11 Å². The number of hydrogen-bond acceptors (Lipinski definition) is 4. The third-order valence-corrected chi connectivity index (χ3v) is 4.95. The van der Waals surface area contributed by atoms with Gasteiger partial charge in [-0.05, 0) is 49.3 Å². The van der Waals surface area contributed by atoms with Gasteiger partial charge in [-0.3, -0.25) is 0 Å². The number of nitrogens with two attached hydrogens (primary N) is 1. The summed E-state index contributed by atoms with van der Waals surface area (Å²) in [6.45, 7) is 1.81. The molecule has 0 aliphatic heterocycles. The maximum absolute atomic E-state index is 10.8. The Morgan fingerprint density at radius 3 is 2.68 bits per heavy atom. The standard InChI is InChI=1S/C15H18N2OS/c1-15(18,13-9-17-14(16)19-13)12-7-6-10-4-2-3-5-11(10)8-12/h6-9,18H,2-5H2,1H3,(H2,16,17). The molecule has 1 aliphatic rings. The topological polar surface area (TPSA) is 59.1 Å². The van der Waals surface area contributed by atoms with Crippen molar-refractivity contribution in [3.63, 3.8) is 0 Å². The fraction of sp³-hybridized carbons (Fsp3) is 0.400. The van der Waals surface area contributed by atoms with E-state index in [4.69, 9.17) is 5.73 Å². The van der Waals surface area contributed by atoms with Gasteiger partial charge in [0.2, 0.25) is 0 Å². The first-order chi connectivity index (χ1) is 9.07. The first-order valence-electron chi connectivity index (χ1n) is 6.64. The third-order valence-electron chi connectivity index (χ3n) is 3.91. The van der Waals surface area contributed by atoms with E-state index in [1.807, 2.05) is 13.0 Å². The molecular weight excluding hydrogens is 256 g/mol. The highest BCUT2D eigenvalue weighted by Gasteiger charge is 2.29. The molecule has 0 fully saturated rings. The van der Waals surface area contributed by atoms with Crippen LogP contribution in [0.1, 0.15) is 41.3 Å². The van der Waals surface area contributed by atoms with Crippen molar-refractivity contribution in [1.82, 2.24) is 4.98 Å². The number of nitrogens with zero attached hydrogens (tertiary/aromatic N) is 1. The Balaban J connectivity index is 2.01. The Morgan fingerprint density at radius 2 is 2.00 bits per heavy atom. The van der Waals surface area contributed by atoms with E-state index in [9.17, 15) is 5.11 Å². The number of aliphatic hydroxyl groups is 1. The van der Waals surface area contributed by atoms with Gasteiger partial charge in [0.15, 0.2) is 5.13 Å². The molecule has 1 heterocycles. The maximum atomic E-state index is 10.8. The Hall–Kier alpha value is -1.39. The summed E-state index contributed by atoms with van der Waals surface area (Å²) >= 11 is 1.34. The van der Waals surface area contributed by atoms with Gasteiger partial charge in [0.1, 0.15) is 5.60 Å². The van der Waals surface area contributed by atoms with Gasteiger partial charge in [-0.2, -0.15) is 0 Å². The Kier molecular flexibility index (Phi) is 3.07. The Bertz CT molecular complexity index is 604. The molecule has 1 aliphatic carbocycles. The smallest absolute Gasteiger partial charge is 0.180 e. The van der Waals surface area contributed by atoms with Crippen LogP contribution in [0, 0.1) is 0 Å². The number of hydrogen-bond donors (Lipinski definition) is 2. The number of benzene rings is 1. The van der Waals surface area contributed by atoms with E-state index in [2.05, 4.69) is 17.1 Å². The maximum Gasteiger partial charge on any atom is 0.180 e. The number of aromatic nitrogens is 1. The summed E-state index contributed by atoms with van der Waals surface area (Å²) in [5.41, 5.74) is 8.38. The van der Waals surface area contributed by atoms with Gasteiger partial charge in [0.25, 0.3) is 0 Å². The molecule has 3 nitrogen and oxygen atoms in total. The Morgan fingerprint density at radius 1 is 1.26 bits per heavy atom. The van der Waals surface area contributed by atoms with Crippen LogP contribution in [0.3, 0.4) is 0 Å². The molecule has 0 bridgehead atoms. The third kappa shape index (κ3) is 2.26. The molecule has 1 aromatic heterocycles. The molecule has 4 heteroatoms. The normalized spacial score (nSPS) is 17.8. The first kappa shape index (κ1) is 12.6. The second-order valence-electron chi connectivity index (χ2n) is 5.33. The summed E-state index contributed by atoms with van der Waals surface area (Å²) in [6.07, 6.45) is 6.45. The van der Waals surface area contributed by atoms with Crippen LogP contribution in [-0.4, -0.2) is 10.1 Å². The van der Waals surface area contributed by atoms with Crippen LogP contribution >= 0.6 is 11.3 Å². The van der Waals surface area contributed by atoms with E-state index in [-0.39, 0.29) is 0 Å². The van der Waals surface area contributed by atoms with E-state index in [1.165, 1.54) is 35.3 Å². The van der Waals surface area contributed by atoms with Crippen molar-refractivity contribution >= 4 is 16.5 Å². The SMILES string of the molecule is CC(O)(c1ccc2c(c1)CCCC2)c1cnc(N)s1.